The second-order valence-corrected chi connectivity index (χ2v) is 6.20. The van der Waals surface area contributed by atoms with E-state index in [1.54, 1.807) is 6.07 Å². The van der Waals surface area contributed by atoms with Crippen LogP contribution >= 0.6 is 0 Å². The highest BCUT2D eigenvalue weighted by Gasteiger charge is 2.22. The van der Waals surface area contributed by atoms with Crippen molar-refractivity contribution in [3.8, 4) is 0 Å². The van der Waals surface area contributed by atoms with E-state index in [0.717, 1.165) is 6.42 Å². The number of rotatable bonds is 6. The Hall–Kier alpha value is -0.980. The van der Waals surface area contributed by atoms with Gasteiger partial charge in [0.1, 0.15) is 0 Å². The van der Waals surface area contributed by atoms with Crippen LogP contribution in [0.15, 0.2) is 23.4 Å². The first kappa shape index (κ1) is 15.1. The van der Waals surface area contributed by atoms with Gasteiger partial charge in [0.05, 0.1) is 6.61 Å². The molecule has 0 spiro atoms. The van der Waals surface area contributed by atoms with Crippen LogP contribution in [0.25, 0.3) is 0 Å². The first-order valence-corrected chi connectivity index (χ1v) is 7.47. The normalized spacial score (nSPS) is 13.8. The minimum absolute atomic E-state index is 0.0150. The van der Waals surface area contributed by atoms with E-state index in [1.807, 2.05) is 20.8 Å². The lowest BCUT2D eigenvalue weighted by Crippen LogP contribution is -2.38. The zero-order valence-electron chi connectivity index (χ0n) is 10.9. The maximum atomic E-state index is 12.1. The summed E-state index contributed by atoms with van der Waals surface area (Å²) in [4.78, 5) is 3.86. The molecule has 1 heterocycles. The second kappa shape index (κ2) is 6.26. The van der Waals surface area contributed by atoms with E-state index in [-0.39, 0.29) is 23.6 Å². The molecule has 0 fully saturated rings. The summed E-state index contributed by atoms with van der Waals surface area (Å²) in [5, 5.41) is 8.87. The Kier molecular flexibility index (Phi) is 5.25. The van der Waals surface area contributed by atoms with Crippen LogP contribution in [0, 0.1) is 5.92 Å². The quantitative estimate of drug-likeness (QED) is 0.817. The van der Waals surface area contributed by atoms with Gasteiger partial charge in [0.2, 0.25) is 0 Å². The number of hydrogen-bond donors (Lipinski definition) is 2. The summed E-state index contributed by atoms with van der Waals surface area (Å²) in [7, 11) is -3.58. The monoisotopic (exact) mass is 272 g/mol. The highest BCUT2D eigenvalue weighted by atomic mass is 32.2. The van der Waals surface area contributed by atoms with Gasteiger partial charge in [-0.1, -0.05) is 26.8 Å². The van der Waals surface area contributed by atoms with Crippen LogP contribution in [0.1, 0.15) is 32.8 Å². The highest BCUT2D eigenvalue weighted by Crippen LogP contribution is 2.12. The van der Waals surface area contributed by atoms with Gasteiger partial charge in [0, 0.05) is 12.2 Å². The molecule has 1 aromatic rings. The predicted octanol–water partition coefficient (Wildman–Crippen LogP) is 1.29. The fraction of sp³-hybridized carbons (Fsp3) is 0.583. The van der Waals surface area contributed by atoms with E-state index in [9.17, 15) is 8.42 Å². The average Bonchev–Trinajstić information content (AvgIpc) is 2.35. The van der Waals surface area contributed by atoms with Crippen molar-refractivity contribution in [2.75, 3.05) is 0 Å². The Labute approximate surface area is 108 Å². The molecule has 0 amide bonds. The lowest BCUT2D eigenvalue weighted by atomic mass is 10.0. The van der Waals surface area contributed by atoms with E-state index >= 15 is 0 Å². The molecule has 6 heteroatoms. The lowest BCUT2D eigenvalue weighted by molar-refractivity contribution is 0.281. The summed E-state index contributed by atoms with van der Waals surface area (Å²) in [5.74, 6) is 0.224. The fourth-order valence-corrected chi connectivity index (χ4v) is 3.01. The highest BCUT2D eigenvalue weighted by molar-refractivity contribution is 7.89. The number of aliphatic hydroxyl groups is 1. The smallest absolute Gasteiger partial charge is 0.258 e. The Morgan fingerprint density at radius 3 is 2.44 bits per heavy atom. The van der Waals surface area contributed by atoms with Gasteiger partial charge in [0.25, 0.3) is 10.0 Å². The molecule has 0 saturated heterocycles. The largest absolute Gasteiger partial charge is 0.392 e. The molecule has 18 heavy (non-hydrogen) atoms. The van der Waals surface area contributed by atoms with Crippen molar-refractivity contribution in [2.24, 2.45) is 5.92 Å². The molecule has 1 unspecified atom stereocenters. The Bertz CT molecular complexity index is 469. The topological polar surface area (TPSA) is 79.3 Å². The summed E-state index contributed by atoms with van der Waals surface area (Å²) in [6.07, 6.45) is 2.09. The molecule has 2 N–H and O–H groups in total. The number of pyridine rings is 1. The predicted molar refractivity (Wildman–Crippen MR) is 69.4 cm³/mol. The van der Waals surface area contributed by atoms with Crippen molar-refractivity contribution in [1.82, 2.24) is 9.71 Å². The van der Waals surface area contributed by atoms with Gasteiger partial charge < -0.3 is 5.11 Å². The zero-order chi connectivity index (χ0) is 13.8. The van der Waals surface area contributed by atoms with Gasteiger partial charge in [-0.05, 0) is 24.0 Å². The number of aliphatic hydroxyl groups excluding tert-OH is 1. The van der Waals surface area contributed by atoms with Gasteiger partial charge in [-0.15, -0.1) is 0 Å². The third-order valence-electron chi connectivity index (χ3n) is 2.81. The van der Waals surface area contributed by atoms with E-state index < -0.39 is 10.0 Å². The second-order valence-electron chi connectivity index (χ2n) is 4.54. The zero-order valence-corrected chi connectivity index (χ0v) is 11.7. The summed E-state index contributed by atoms with van der Waals surface area (Å²) >= 11 is 0. The number of sulfonamides is 1. The molecular formula is C12H20N2O3S. The van der Waals surface area contributed by atoms with E-state index in [4.69, 9.17) is 5.11 Å². The van der Waals surface area contributed by atoms with E-state index in [0.29, 0.717) is 5.56 Å². The van der Waals surface area contributed by atoms with Gasteiger partial charge >= 0.3 is 0 Å². The molecule has 0 saturated carbocycles. The SMILES string of the molecule is CCC(NS(=O)(=O)c1ccc(CO)cn1)C(C)C. The van der Waals surface area contributed by atoms with Crippen molar-refractivity contribution in [3.63, 3.8) is 0 Å². The maximum Gasteiger partial charge on any atom is 0.258 e. The molecule has 5 nitrogen and oxygen atoms in total. The molecule has 0 aromatic carbocycles. The molecule has 0 radical (unpaired) electrons. The molecule has 0 aliphatic carbocycles. The van der Waals surface area contributed by atoms with Crippen LogP contribution in [0.2, 0.25) is 0 Å². The van der Waals surface area contributed by atoms with Crippen molar-refractivity contribution in [1.29, 1.82) is 0 Å². The minimum atomic E-state index is -3.58. The van der Waals surface area contributed by atoms with Crippen LogP contribution in [-0.2, 0) is 16.6 Å². The Morgan fingerprint density at radius 2 is 2.06 bits per heavy atom. The van der Waals surface area contributed by atoms with E-state index in [1.165, 1.54) is 12.3 Å². The van der Waals surface area contributed by atoms with Crippen molar-refractivity contribution in [2.45, 2.75) is 44.9 Å². The molecular weight excluding hydrogens is 252 g/mol. The summed E-state index contributed by atoms with van der Waals surface area (Å²) < 4.78 is 26.8. The maximum absolute atomic E-state index is 12.1. The number of nitrogens with zero attached hydrogens (tertiary/aromatic N) is 1. The molecule has 0 aliphatic rings. The van der Waals surface area contributed by atoms with Crippen LogP contribution in [0.4, 0.5) is 0 Å². The van der Waals surface area contributed by atoms with Gasteiger partial charge in [-0.2, -0.15) is 0 Å². The fourth-order valence-electron chi connectivity index (χ4n) is 1.61. The molecule has 0 bridgehead atoms. The van der Waals surface area contributed by atoms with Crippen molar-refractivity contribution < 1.29 is 13.5 Å². The van der Waals surface area contributed by atoms with Crippen LogP contribution in [-0.4, -0.2) is 24.6 Å². The third kappa shape index (κ3) is 3.76. The first-order valence-electron chi connectivity index (χ1n) is 5.98. The van der Waals surface area contributed by atoms with Gasteiger partial charge in [-0.3, -0.25) is 0 Å². The molecule has 1 aromatic heterocycles. The number of nitrogens with one attached hydrogen (secondary N) is 1. The molecule has 1 atom stereocenters. The molecule has 1 rings (SSSR count). The molecule has 102 valence electrons. The van der Waals surface area contributed by atoms with Crippen molar-refractivity contribution in [3.05, 3.63) is 23.9 Å². The molecule has 0 aliphatic heterocycles. The first-order chi connectivity index (χ1) is 8.40. The summed E-state index contributed by atoms with van der Waals surface area (Å²) in [6, 6.07) is 2.85. The number of aromatic nitrogens is 1. The Balaban J connectivity index is 2.91. The van der Waals surface area contributed by atoms with E-state index in [2.05, 4.69) is 9.71 Å². The minimum Gasteiger partial charge on any atom is -0.392 e. The van der Waals surface area contributed by atoms with Crippen LogP contribution in [0.3, 0.4) is 0 Å². The summed E-state index contributed by atoms with van der Waals surface area (Å²) in [6.45, 7) is 5.73. The van der Waals surface area contributed by atoms with Crippen molar-refractivity contribution >= 4 is 10.0 Å². The third-order valence-corrected chi connectivity index (χ3v) is 4.21. The Morgan fingerprint density at radius 1 is 1.39 bits per heavy atom. The number of hydrogen-bond acceptors (Lipinski definition) is 4. The lowest BCUT2D eigenvalue weighted by Gasteiger charge is -2.20. The van der Waals surface area contributed by atoms with Gasteiger partial charge in [0.15, 0.2) is 5.03 Å². The van der Waals surface area contributed by atoms with Crippen LogP contribution in [0.5, 0.6) is 0 Å². The average molecular weight is 272 g/mol. The standard InChI is InChI=1S/C12H20N2O3S/c1-4-11(9(2)3)14-18(16,17)12-6-5-10(8-15)7-13-12/h5-7,9,11,14-15H,4,8H2,1-3H3. The summed E-state index contributed by atoms with van der Waals surface area (Å²) in [5.41, 5.74) is 0.588. The van der Waals surface area contributed by atoms with Gasteiger partial charge in [-0.25, -0.2) is 18.1 Å². The van der Waals surface area contributed by atoms with Crippen LogP contribution < -0.4 is 4.72 Å².